The van der Waals surface area contributed by atoms with Crippen molar-refractivity contribution in [2.24, 2.45) is 5.92 Å². The lowest BCUT2D eigenvalue weighted by molar-refractivity contribution is -0.117. The highest BCUT2D eigenvalue weighted by atomic mass is 16.5. The molecule has 6 heteroatoms. The summed E-state index contributed by atoms with van der Waals surface area (Å²) in [6, 6.07) is 0. The largest absolute Gasteiger partial charge is 0.390 e. The zero-order chi connectivity index (χ0) is 15.2. The molecule has 2 fully saturated rings. The van der Waals surface area contributed by atoms with E-state index < -0.39 is 0 Å². The molecule has 0 bridgehead atoms. The Hall–Kier alpha value is -1.53. The molecule has 116 valence electrons. The van der Waals surface area contributed by atoms with Crippen molar-refractivity contribution in [2.75, 3.05) is 18.5 Å². The molecule has 1 saturated carbocycles. The number of carbonyl (C=O) groups excluding carboxylic acids is 1. The summed E-state index contributed by atoms with van der Waals surface area (Å²) in [5.41, 5.74) is 1.31. The Kier molecular flexibility index (Phi) is 5.64. The highest BCUT2D eigenvalue weighted by Crippen LogP contribution is 2.30. The minimum atomic E-state index is -0.175. The SMILES string of the molecule is CC.O=C(Nc1cnc(C2CCOC2)c(CO)n1)C1CC1. The summed E-state index contributed by atoms with van der Waals surface area (Å²) in [5, 5.41) is 12.1. The van der Waals surface area contributed by atoms with Crippen molar-refractivity contribution < 1.29 is 14.6 Å². The molecule has 0 spiro atoms. The van der Waals surface area contributed by atoms with Gasteiger partial charge in [-0.1, -0.05) is 13.8 Å². The summed E-state index contributed by atoms with van der Waals surface area (Å²) in [5.74, 6) is 0.740. The van der Waals surface area contributed by atoms with Crippen LogP contribution in [0, 0.1) is 5.92 Å². The molecule has 1 aliphatic carbocycles. The summed E-state index contributed by atoms with van der Waals surface area (Å²) in [6.45, 7) is 5.17. The fourth-order valence-electron chi connectivity index (χ4n) is 2.28. The first-order chi connectivity index (χ1) is 10.3. The molecule has 2 aliphatic rings. The zero-order valence-electron chi connectivity index (χ0n) is 12.6. The number of aliphatic hydroxyl groups is 1. The molecular formula is C15H23N3O3. The number of rotatable bonds is 4. The van der Waals surface area contributed by atoms with Crippen LogP contribution in [-0.4, -0.2) is 34.2 Å². The summed E-state index contributed by atoms with van der Waals surface area (Å²) in [6.07, 6.45) is 4.36. The zero-order valence-corrected chi connectivity index (χ0v) is 12.6. The highest BCUT2D eigenvalue weighted by molar-refractivity contribution is 5.93. The number of amides is 1. The quantitative estimate of drug-likeness (QED) is 0.885. The standard InChI is InChI=1S/C13H17N3O3.C2H6/c17-6-10-12(9-3-4-19-7-9)14-5-11(15-10)16-13(18)8-1-2-8;1-2/h5,8-9,17H,1-4,6-7H2,(H,15,16,18);1-2H3. The lowest BCUT2D eigenvalue weighted by Crippen LogP contribution is -2.16. The fraction of sp³-hybridized carbons (Fsp3) is 0.667. The van der Waals surface area contributed by atoms with Gasteiger partial charge in [-0.15, -0.1) is 0 Å². The van der Waals surface area contributed by atoms with E-state index in [-0.39, 0.29) is 24.3 Å². The number of hydrogen-bond acceptors (Lipinski definition) is 5. The van der Waals surface area contributed by atoms with Crippen molar-refractivity contribution >= 4 is 11.7 Å². The van der Waals surface area contributed by atoms with Crippen LogP contribution in [0.25, 0.3) is 0 Å². The molecule has 0 aromatic carbocycles. The highest BCUT2D eigenvalue weighted by Gasteiger charge is 2.30. The molecule has 3 rings (SSSR count). The molecule has 2 heterocycles. The maximum absolute atomic E-state index is 11.7. The number of hydrogen-bond donors (Lipinski definition) is 2. The molecule has 1 saturated heterocycles. The average molecular weight is 293 g/mol. The topological polar surface area (TPSA) is 84.3 Å². The van der Waals surface area contributed by atoms with Crippen LogP contribution in [0.2, 0.25) is 0 Å². The van der Waals surface area contributed by atoms with E-state index >= 15 is 0 Å². The van der Waals surface area contributed by atoms with Crippen molar-refractivity contribution in [3.05, 3.63) is 17.6 Å². The smallest absolute Gasteiger partial charge is 0.228 e. The van der Waals surface area contributed by atoms with Gasteiger partial charge in [0.1, 0.15) is 0 Å². The Balaban J connectivity index is 0.000000774. The third-order valence-electron chi connectivity index (χ3n) is 3.54. The Morgan fingerprint density at radius 2 is 2.19 bits per heavy atom. The van der Waals surface area contributed by atoms with Gasteiger partial charge in [-0.2, -0.15) is 0 Å². The van der Waals surface area contributed by atoms with Crippen LogP contribution >= 0.6 is 0 Å². The minimum Gasteiger partial charge on any atom is -0.390 e. The normalized spacial score (nSPS) is 20.6. The second-order valence-electron chi connectivity index (χ2n) is 5.07. The maximum atomic E-state index is 11.7. The number of nitrogens with zero attached hydrogens (tertiary/aromatic N) is 2. The van der Waals surface area contributed by atoms with Gasteiger partial charge in [0.2, 0.25) is 5.91 Å². The van der Waals surface area contributed by atoms with E-state index in [0.717, 1.165) is 31.6 Å². The number of ether oxygens (including phenoxy) is 1. The van der Waals surface area contributed by atoms with Gasteiger partial charge >= 0.3 is 0 Å². The fourth-order valence-corrected chi connectivity index (χ4v) is 2.28. The van der Waals surface area contributed by atoms with E-state index in [1.54, 1.807) is 6.20 Å². The minimum absolute atomic E-state index is 0.00450. The molecule has 1 amide bonds. The van der Waals surface area contributed by atoms with Crippen LogP contribution in [0.5, 0.6) is 0 Å². The maximum Gasteiger partial charge on any atom is 0.228 e. The predicted molar refractivity (Wildman–Crippen MR) is 78.8 cm³/mol. The molecule has 1 atom stereocenters. The Bertz CT molecular complexity index is 483. The first-order valence-corrected chi connectivity index (χ1v) is 7.63. The van der Waals surface area contributed by atoms with E-state index in [2.05, 4.69) is 15.3 Å². The van der Waals surface area contributed by atoms with Gasteiger partial charge in [0, 0.05) is 18.4 Å². The van der Waals surface area contributed by atoms with E-state index in [9.17, 15) is 9.90 Å². The number of anilines is 1. The number of aliphatic hydroxyl groups excluding tert-OH is 1. The molecule has 21 heavy (non-hydrogen) atoms. The molecule has 1 aliphatic heterocycles. The summed E-state index contributed by atoms with van der Waals surface area (Å²) in [4.78, 5) is 20.3. The molecule has 2 N–H and O–H groups in total. The van der Waals surface area contributed by atoms with Crippen LogP contribution in [0.1, 0.15) is 50.4 Å². The number of carbonyl (C=O) groups is 1. The van der Waals surface area contributed by atoms with Crippen LogP contribution < -0.4 is 5.32 Å². The average Bonchev–Trinajstić information content (AvgIpc) is 3.25. The number of nitrogens with one attached hydrogen (secondary N) is 1. The molecular weight excluding hydrogens is 270 g/mol. The molecule has 1 aromatic rings. The third-order valence-corrected chi connectivity index (χ3v) is 3.54. The number of aromatic nitrogens is 2. The second-order valence-corrected chi connectivity index (χ2v) is 5.07. The van der Waals surface area contributed by atoms with Crippen molar-refractivity contribution in [1.29, 1.82) is 0 Å². The van der Waals surface area contributed by atoms with Crippen molar-refractivity contribution in [3.8, 4) is 0 Å². The van der Waals surface area contributed by atoms with Crippen LogP contribution in [0.4, 0.5) is 5.82 Å². The Labute approximate surface area is 124 Å². The molecule has 6 nitrogen and oxygen atoms in total. The lowest BCUT2D eigenvalue weighted by atomic mass is 10.0. The van der Waals surface area contributed by atoms with Crippen LogP contribution in [0.15, 0.2) is 6.20 Å². The van der Waals surface area contributed by atoms with Gasteiger partial charge in [-0.3, -0.25) is 9.78 Å². The van der Waals surface area contributed by atoms with Crippen molar-refractivity contribution in [3.63, 3.8) is 0 Å². The van der Waals surface area contributed by atoms with Gasteiger partial charge in [-0.25, -0.2) is 4.98 Å². The Morgan fingerprint density at radius 3 is 2.76 bits per heavy atom. The van der Waals surface area contributed by atoms with Crippen LogP contribution in [-0.2, 0) is 16.1 Å². The first kappa shape index (κ1) is 15.9. The summed E-state index contributed by atoms with van der Waals surface area (Å²) >= 11 is 0. The van der Waals surface area contributed by atoms with E-state index in [4.69, 9.17) is 4.74 Å². The Morgan fingerprint density at radius 1 is 1.43 bits per heavy atom. The van der Waals surface area contributed by atoms with E-state index in [1.165, 1.54) is 0 Å². The molecule has 0 radical (unpaired) electrons. The lowest BCUT2D eigenvalue weighted by Gasteiger charge is -2.12. The van der Waals surface area contributed by atoms with Gasteiger partial charge in [0.25, 0.3) is 0 Å². The van der Waals surface area contributed by atoms with Gasteiger partial charge in [0.05, 0.1) is 30.8 Å². The van der Waals surface area contributed by atoms with Gasteiger partial charge < -0.3 is 15.2 Å². The van der Waals surface area contributed by atoms with Gasteiger partial charge in [0.15, 0.2) is 5.82 Å². The van der Waals surface area contributed by atoms with Crippen molar-refractivity contribution in [2.45, 2.75) is 45.6 Å². The monoisotopic (exact) mass is 293 g/mol. The van der Waals surface area contributed by atoms with E-state index in [1.807, 2.05) is 13.8 Å². The van der Waals surface area contributed by atoms with Crippen LogP contribution in [0.3, 0.4) is 0 Å². The molecule has 1 aromatic heterocycles. The second kappa shape index (κ2) is 7.47. The summed E-state index contributed by atoms with van der Waals surface area (Å²) < 4.78 is 5.33. The van der Waals surface area contributed by atoms with E-state index in [0.29, 0.717) is 18.1 Å². The summed E-state index contributed by atoms with van der Waals surface area (Å²) in [7, 11) is 0. The predicted octanol–water partition coefficient (Wildman–Crippen LogP) is 1.85. The third kappa shape index (κ3) is 3.98. The first-order valence-electron chi connectivity index (χ1n) is 7.63. The molecule has 1 unspecified atom stereocenters. The van der Waals surface area contributed by atoms with Gasteiger partial charge in [-0.05, 0) is 19.3 Å². The van der Waals surface area contributed by atoms with Crippen molar-refractivity contribution in [1.82, 2.24) is 9.97 Å².